The number of nitrogens with one attached hydrogen (secondary N) is 1. The first-order chi connectivity index (χ1) is 8.60. The molecule has 0 aromatic carbocycles. The van der Waals surface area contributed by atoms with E-state index in [1.165, 1.54) is 12.3 Å². The molecule has 5 nitrogen and oxygen atoms in total. The van der Waals surface area contributed by atoms with E-state index in [0.29, 0.717) is 17.0 Å². The molecule has 0 bridgehead atoms. The number of hydrogen-bond donors (Lipinski definition) is 1. The van der Waals surface area contributed by atoms with Crippen LogP contribution in [0.1, 0.15) is 24.7 Å². The maximum atomic E-state index is 12.3. The highest BCUT2D eigenvalue weighted by Crippen LogP contribution is 2.13. The summed E-state index contributed by atoms with van der Waals surface area (Å²) in [6.45, 7) is 2.65. The van der Waals surface area contributed by atoms with Gasteiger partial charge in [-0.05, 0) is 13.8 Å². The fourth-order valence-electron chi connectivity index (χ4n) is 1.62. The molecule has 19 heavy (non-hydrogen) atoms. The molecule has 0 amide bonds. The second-order valence-corrected chi connectivity index (χ2v) is 3.91. The second kappa shape index (κ2) is 6.51. The molecule has 0 atom stereocenters. The lowest BCUT2D eigenvalue weighted by atomic mass is 10.2. The molecule has 2 rings (SSSR count). The molecule has 0 aliphatic heterocycles. The van der Waals surface area contributed by atoms with E-state index >= 15 is 0 Å². The lowest BCUT2D eigenvalue weighted by Crippen LogP contribution is -2.03. The Morgan fingerprint density at radius 2 is 2.11 bits per heavy atom. The Kier molecular flexibility index (Phi) is 5.29. The summed E-state index contributed by atoms with van der Waals surface area (Å²) in [5.41, 5.74) is 1.96. The number of hydrogen-bond acceptors (Lipinski definition) is 3. The Morgan fingerprint density at radius 3 is 2.63 bits per heavy atom. The fourth-order valence-corrected chi connectivity index (χ4v) is 1.62. The molecule has 2 aromatic heterocycles. The first kappa shape index (κ1) is 15.4. The van der Waals surface area contributed by atoms with Crippen LogP contribution < -0.4 is 5.32 Å². The van der Waals surface area contributed by atoms with Gasteiger partial charge in [-0.1, -0.05) is 0 Å². The zero-order chi connectivity index (χ0) is 13.1. The van der Waals surface area contributed by atoms with Gasteiger partial charge in [-0.2, -0.15) is 19.0 Å². The Labute approximate surface area is 116 Å². The quantitative estimate of drug-likeness (QED) is 0.921. The average molecular weight is 292 g/mol. The third-order valence-corrected chi connectivity index (χ3v) is 2.64. The van der Waals surface area contributed by atoms with Crippen LogP contribution in [0.15, 0.2) is 18.5 Å². The van der Waals surface area contributed by atoms with Gasteiger partial charge in [0.05, 0.1) is 5.69 Å². The third kappa shape index (κ3) is 3.66. The Morgan fingerprint density at radius 1 is 1.37 bits per heavy atom. The van der Waals surface area contributed by atoms with Crippen LogP contribution in [-0.2, 0) is 13.1 Å². The summed E-state index contributed by atoms with van der Waals surface area (Å²) in [5.74, 6) is 0.430. The Bertz CT molecular complexity index is 523. The van der Waals surface area contributed by atoms with E-state index in [2.05, 4.69) is 15.5 Å². The topological polar surface area (TPSA) is 47.7 Å². The normalized spacial score (nSPS) is 10.6. The molecule has 0 saturated carbocycles. The largest absolute Gasteiger partial charge is 0.364 e. The molecular formula is C11H16ClF2N5. The number of halogens is 3. The Hall–Kier alpha value is -1.63. The highest BCUT2D eigenvalue weighted by atomic mass is 35.5. The van der Waals surface area contributed by atoms with Crippen LogP contribution in [0.5, 0.6) is 0 Å². The number of rotatable bonds is 5. The molecule has 0 aliphatic rings. The minimum absolute atomic E-state index is 0. The van der Waals surface area contributed by atoms with E-state index in [1.807, 2.05) is 24.7 Å². The zero-order valence-electron chi connectivity index (χ0n) is 10.7. The maximum Gasteiger partial charge on any atom is 0.333 e. The lowest BCUT2D eigenvalue weighted by Gasteiger charge is -2.01. The predicted octanol–water partition coefficient (Wildman–Crippen LogP) is 2.84. The van der Waals surface area contributed by atoms with Crippen molar-refractivity contribution >= 4 is 18.2 Å². The molecule has 0 unspecified atom stereocenters. The molecule has 0 aliphatic carbocycles. The highest BCUT2D eigenvalue weighted by Gasteiger charge is 2.08. The first-order valence-electron chi connectivity index (χ1n) is 5.70. The Balaban J connectivity index is 0.00000180. The molecule has 0 spiro atoms. The summed E-state index contributed by atoms with van der Waals surface area (Å²) in [6.07, 6.45) is 3.18. The number of anilines is 1. The van der Waals surface area contributed by atoms with Crippen LogP contribution in [0, 0.1) is 6.92 Å². The average Bonchev–Trinajstić information content (AvgIpc) is 2.93. The van der Waals surface area contributed by atoms with Crippen LogP contribution in [0.3, 0.4) is 0 Å². The second-order valence-electron chi connectivity index (χ2n) is 3.91. The number of nitrogens with zero attached hydrogens (tertiary/aromatic N) is 4. The van der Waals surface area contributed by atoms with Crippen molar-refractivity contribution in [3.63, 3.8) is 0 Å². The molecule has 1 N–H and O–H groups in total. The molecule has 2 heterocycles. The summed E-state index contributed by atoms with van der Waals surface area (Å²) in [6, 6.07) is 1.52. The van der Waals surface area contributed by atoms with Gasteiger partial charge >= 0.3 is 6.55 Å². The predicted molar refractivity (Wildman–Crippen MR) is 70.7 cm³/mol. The third-order valence-electron chi connectivity index (χ3n) is 2.64. The minimum atomic E-state index is -2.61. The van der Waals surface area contributed by atoms with Crippen LogP contribution in [0.4, 0.5) is 14.6 Å². The van der Waals surface area contributed by atoms with Gasteiger partial charge in [0.1, 0.15) is 5.82 Å². The molecule has 0 radical (unpaired) electrons. The first-order valence-corrected chi connectivity index (χ1v) is 5.70. The van der Waals surface area contributed by atoms with Crippen LogP contribution >= 0.6 is 12.4 Å². The van der Waals surface area contributed by atoms with Crippen molar-refractivity contribution in [1.29, 1.82) is 0 Å². The van der Waals surface area contributed by atoms with E-state index in [1.54, 1.807) is 0 Å². The number of aryl methyl sites for hydroxylation is 2. The van der Waals surface area contributed by atoms with Gasteiger partial charge in [-0.25, -0.2) is 4.68 Å². The number of aromatic nitrogens is 4. The van der Waals surface area contributed by atoms with E-state index in [9.17, 15) is 8.78 Å². The van der Waals surface area contributed by atoms with Crippen LogP contribution in [0.2, 0.25) is 0 Å². The van der Waals surface area contributed by atoms with Gasteiger partial charge in [-0.3, -0.25) is 4.68 Å². The SMILES string of the molecule is CCn1cc(CNc2ccn(C(F)F)n2)c(C)n1.Cl. The molecule has 8 heteroatoms. The molecule has 0 saturated heterocycles. The molecule has 0 fully saturated rings. The number of alkyl halides is 2. The summed E-state index contributed by atoms with van der Waals surface area (Å²) in [5, 5.41) is 11.0. The van der Waals surface area contributed by atoms with Crippen molar-refractivity contribution in [3.8, 4) is 0 Å². The highest BCUT2D eigenvalue weighted by molar-refractivity contribution is 5.85. The van der Waals surface area contributed by atoms with Gasteiger partial charge in [0.2, 0.25) is 0 Å². The van der Waals surface area contributed by atoms with Crippen molar-refractivity contribution in [2.24, 2.45) is 0 Å². The van der Waals surface area contributed by atoms with Crippen LogP contribution in [0.25, 0.3) is 0 Å². The van der Waals surface area contributed by atoms with Crippen molar-refractivity contribution < 1.29 is 8.78 Å². The van der Waals surface area contributed by atoms with Gasteiger partial charge in [0.15, 0.2) is 0 Å². The monoisotopic (exact) mass is 291 g/mol. The van der Waals surface area contributed by atoms with Crippen molar-refractivity contribution in [3.05, 3.63) is 29.7 Å². The molecule has 106 valence electrons. The summed E-state index contributed by atoms with van der Waals surface area (Å²) in [4.78, 5) is 0. The fraction of sp³-hybridized carbons (Fsp3) is 0.455. The van der Waals surface area contributed by atoms with Crippen molar-refractivity contribution in [2.75, 3.05) is 5.32 Å². The van der Waals surface area contributed by atoms with Gasteiger partial charge in [-0.15, -0.1) is 12.4 Å². The van der Waals surface area contributed by atoms with E-state index in [0.717, 1.165) is 17.8 Å². The summed E-state index contributed by atoms with van der Waals surface area (Å²) >= 11 is 0. The summed E-state index contributed by atoms with van der Waals surface area (Å²) in [7, 11) is 0. The van der Waals surface area contributed by atoms with Gasteiger partial charge in [0, 0.05) is 37.1 Å². The lowest BCUT2D eigenvalue weighted by molar-refractivity contribution is 0.0569. The zero-order valence-corrected chi connectivity index (χ0v) is 11.5. The standard InChI is InChI=1S/C11H15F2N5.ClH/c1-3-17-7-9(8(2)15-17)6-14-10-4-5-18(16-10)11(12)13;/h4-5,7,11H,3,6H2,1-2H3,(H,14,16);1H. The van der Waals surface area contributed by atoms with Gasteiger partial charge < -0.3 is 5.32 Å². The van der Waals surface area contributed by atoms with Crippen LogP contribution in [-0.4, -0.2) is 19.6 Å². The van der Waals surface area contributed by atoms with Crippen molar-refractivity contribution in [2.45, 2.75) is 33.5 Å². The van der Waals surface area contributed by atoms with Gasteiger partial charge in [0.25, 0.3) is 0 Å². The summed E-state index contributed by atoms with van der Waals surface area (Å²) < 4.78 is 27.1. The smallest absolute Gasteiger partial charge is 0.333 e. The van der Waals surface area contributed by atoms with E-state index in [-0.39, 0.29) is 12.4 Å². The van der Waals surface area contributed by atoms with Crippen molar-refractivity contribution in [1.82, 2.24) is 19.6 Å². The molecule has 2 aromatic rings. The van der Waals surface area contributed by atoms with E-state index in [4.69, 9.17) is 0 Å². The maximum absolute atomic E-state index is 12.3. The molecular weight excluding hydrogens is 276 g/mol. The van der Waals surface area contributed by atoms with E-state index < -0.39 is 6.55 Å². The minimum Gasteiger partial charge on any atom is -0.364 e.